The molecule has 0 bridgehead atoms. The SMILES string of the molecule is NCCOCCOCCOCCOCCOCCOCCOC(=O)[C@@H]1CSCCC(=O)NCC(=O)C1. The lowest BCUT2D eigenvalue weighted by atomic mass is 10.0. The molecule has 0 aromatic rings. The Labute approximate surface area is 217 Å². The zero-order valence-electron chi connectivity index (χ0n) is 21.1. The van der Waals surface area contributed by atoms with Gasteiger partial charge in [-0.15, -0.1) is 0 Å². The third kappa shape index (κ3) is 19.8. The smallest absolute Gasteiger partial charge is 0.310 e. The highest BCUT2D eigenvalue weighted by atomic mass is 32.2. The van der Waals surface area contributed by atoms with Gasteiger partial charge < -0.3 is 44.2 Å². The Morgan fingerprint density at radius 3 is 1.75 bits per heavy atom. The molecule has 1 atom stereocenters. The maximum Gasteiger partial charge on any atom is 0.310 e. The number of rotatable bonds is 21. The van der Waals surface area contributed by atoms with Crippen molar-refractivity contribution in [1.82, 2.24) is 5.32 Å². The Bertz CT molecular complexity index is 585. The molecule has 13 heteroatoms. The monoisotopic (exact) mass is 538 g/mol. The normalized spacial score (nSPS) is 17.1. The summed E-state index contributed by atoms with van der Waals surface area (Å²) in [5, 5.41) is 2.56. The van der Waals surface area contributed by atoms with E-state index in [1.54, 1.807) is 0 Å². The molecule has 0 aliphatic carbocycles. The average Bonchev–Trinajstić information content (AvgIpc) is 2.87. The van der Waals surface area contributed by atoms with Crippen LogP contribution >= 0.6 is 11.8 Å². The molecular formula is C23H42N2O10S. The fourth-order valence-electron chi connectivity index (χ4n) is 2.84. The van der Waals surface area contributed by atoms with Crippen LogP contribution in [0.3, 0.4) is 0 Å². The summed E-state index contributed by atoms with van der Waals surface area (Å²) < 4.78 is 37.4. The summed E-state index contributed by atoms with van der Waals surface area (Å²) >= 11 is 1.47. The number of Topliss-reactive ketones (excluding diaryl/α,β-unsaturated/α-hetero) is 1. The summed E-state index contributed by atoms with van der Waals surface area (Å²) in [4.78, 5) is 35.6. The molecule has 1 fully saturated rings. The van der Waals surface area contributed by atoms with Crippen molar-refractivity contribution in [2.75, 3.05) is 110 Å². The van der Waals surface area contributed by atoms with E-state index in [0.29, 0.717) is 97.1 Å². The van der Waals surface area contributed by atoms with Crippen LogP contribution in [-0.4, -0.2) is 128 Å². The fraction of sp³-hybridized carbons (Fsp3) is 0.870. The lowest BCUT2D eigenvalue weighted by molar-refractivity contribution is -0.150. The number of nitrogens with one attached hydrogen (secondary N) is 1. The van der Waals surface area contributed by atoms with Crippen LogP contribution in [0, 0.1) is 5.92 Å². The van der Waals surface area contributed by atoms with Crippen molar-refractivity contribution in [2.45, 2.75) is 12.8 Å². The predicted molar refractivity (Wildman–Crippen MR) is 133 cm³/mol. The third-order valence-corrected chi connectivity index (χ3v) is 5.81. The highest BCUT2D eigenvalue weighted by Gasteiger charge is 2.24. The van der Waals surface area contributed by atoms with E-state index in [1.165, 1.54) is 11.8 Å². The molecule has 0 radical (unpaired) electrons. The van der Waals surface area contributed by atoms with Gasteiger partial charge in [0.2, 0.25) is 5.91 Å². The van der Waals surface area contributed by atoms with Gasteiger partial charge in [0.1, 0.15) is 6.61 Å². The quantitative estimate of drug-likeness (QED) is 0.142. The van der Waals surface area contributed by atoms with E-state index in [2.05, 4.69) is 5.32 Å². The minimum atomic E-state index is -0.508. The second-order valence-electron chi connectivity index (χ2n) is 7.67. The molecule has 210 valence electrons. The molecule has 12 nitrogen and oxygen atoms in total. The first-order valence-corrected chi connectivity index (χ1v) is 13.5. The van der Waals surface area contributed by atoms with Gasteiger partial charge in [0.05, 0.1) is 91.7 Å². The van der Waals surface area contributed by atoms with E-state index in [4.69, 9.17) is 38.9 Å². The number of hydrogen-bond donors (Lipinski definition) is 2. The Hall–Kier alpha value is -1.32. The molecule has 3 N–H and O–H groups in total. The minimum Gasteiger partial charge on any atom is -0.463 e. The zero-order valence-corrected chi connectivity index (χ0v) is 21.9. The summed E-state index contributed by atoms with van der Waals surface area (Å²) in [5.74, 6) is -0.177. The Balaban J connectivity index is 1.86. The van der Waals surface area contributed by atoms with Crippen molar-refractivity contribution in [1.29, 1.82) is 0 Å². The molecule has 1 heterocycles. The van der Waals surface area contributed by atoms with Crippen LogP contribution in [0.4, 0.5) is 0 Å². The van der Waals surface area contributed by atoms with Crippen molar-refractivity contribution in [2.24, 2.45) is 11.7 Å². The van der Waals surface area contributed by atoms with Crippen molar-refractivity contribution in [3.63, 3.8) is 0 Å². The van der Waals surface area contributed by atoms with Crippen LogP contribution in [0.25, 0.3) is 0 Å². The molecule has 1 aliphatic heterocycles. The van der Waals surface area contributed by atoms with E-state index in [-0.39, 0.29) is 37.9 Å². The number of hydrogen-bond acceptors (Lipinski definition) is 12. The summed E-state index contributed by atoms with van der Waals surface area (Å²) in [6.07, 6.45) is 0.398. The van der Waals surface area contributed by atoms with Gasteiger partial charge >= 0.3 is 5.97 Å². The second kappa shape index (κ2) is 24.0. The molecule has 1 amide bonds. The van der Waals surface area contributed by atoms with Crippen LogP contribution in [-0.2, 0) is 47.5 Å². The minimum absolute atomic E-state index is 0.0440. The van der Waals surface area contributed by atoms with E-state index < -0.39 is 11.9 Å². The molecule has 0 unspecified atom stereocenters. The topological polar surface area (TPSA) is 154 Å². The maximum absolute atomic E-state index is 12.3. The molecule has 1 rings (SSSR count). The Morgan fingerprint density at radius 2 is 1.25 bits per heavy atom. The van der Waals surface area contributed by atoms with Crippen LogP contribution in [0.2, 0.25) is 0 Å². The number of carbonyl (C=O) groups excluding carboxylic acids is 3. The largest absolute Gasteiger partial charge is 0.463 e. The molecule has 0 aromatic carbocycles. The summed E-state index contributed by atoms with van der Waals surface area (Å²) in [5.41, 5.74) is 5.31. The van der Waals surface area contributed by atoms with Crippen LogP contribution in [0.15, 0.2) is 0 Å². The number of esters is 1. The standard InChI is InChI=1S/C23H42N2O10S/c24-2-3-29-4-5-30-6-7-31-8-9-32-10-11-33-12-13-34-14-15-35-23(28)20-17-21(26)18-25-22(27)1-16-36-19-20/h20H,1-19,24H2,(H,25,27)/t20-/m0/s1. The average molecular weight is 539 g/mol. The Morgan fingerprint density at radius 1 is 0.778 bits per heavy atom. The van der Waals surface area contributed by atoms with Crippen LogP contribution < -0.4 is 11.1 Å². The van der Waals surface area contributed by atoms with Crippen molar-refractivity contribution >= 4 is 29.4 Å². The number of thioether (sulfide) groups is 1. The maximum atomic E-state index is 12.3. The molecule has 36 heavy (non-hydrogen) atoms. The van der Waals surface area contributed by atoms with Crippen molar-refractivity contribution < 1.29 is 47.5 Å². The molecule has 0 spiro atoms. The Kier molecular flexibility index (Phi) is 21.8. The third-order valence-electron chi connectivity index (χ3n) is 4.68. The lowest BCUT2D eigenvalue weighted by Gasteiger charge is -2.17. The highest BCUT2D eigenvalue weighted by molar-refractivity contribution is 7.99. The van der Waals surface area contributed by atoms with Gasteiger partial charge in [0, 0.05) is 30.9 Å². The highest BCUT2D eigenvalue weighted by Crippen LogP contribution is 2.16. The predicted octanol–water partition coefficient (Wildman–Crippen LogP) is -0.584. The van der Waals surface area contributed by atoms with E-state index in [9.17, 15) is 14.4 Å². The fourth-order valence-corrected chi connectivity index (χ4v) is 3.87. The lowest BCUT2D eigenvalue weighted by Crippen LogP contribution is -2.34. The van der Waals surface area contributed by atoms with Gasteiger partial charge in [-0.3, -0.25) is 14.4 Å². The van der Waals surface area contributed by atoms with E-state index in [1.807, 2.05) is 0 Å². The first-order valence-electron chi connectivity index (χ1n) is 12.3. The van der Waals surface area contributed by atoms with Crippen LogP contribution in [0.5, 0.6) is 0 Å². The first kappa shape index (κ1) is 32.7. The van der Waals surface area contributed by atoms with Crippen LogP contribution in [0.1, 0.15) is 12.8 Å². The van der Waals surface area contributed by atoms with Gasteiger partial charge in [-0.1, -0.05) is 0 Å². The van der Waals surface area contributed by atoms with Gasteiger partial charge in [0.25, 0.3) is 0 Å². The summed E-state index contributed by atoms with van der Waals surface area (Å²) in [6, 6.07) is 0. The van der Waals surface area contributed by atoms with E-state index in [0.717, 1.165) is 0 Å². The number of ketones is 1. The van der Waals surface area contributed by atoms with Crippen molar-refractivity contribution in [3.05, 3.63) is 0 Å². The van der Waals surface area contributed by atoms with E-state index >= 15 is 0 Å². The molecule has 1 saturated heterocycles. The van der Waals surface area contributed by atoms with Gasteiger partial charge in [-0.25, -0.2) is 0 Å². The van der Waals surface area contributed by atoms with Crippen molar-refractivity contribution in [3.8, 4) is 0 Å². The van der Waals surface area contributed by atoms with Gasteiger partial charge in [-0.2, -0.15) is 11.8 Å². The number of amides is 1. The van der Waals surface area contributed by atoms with Gasteiger partial charge in [-0.05, 0) is 0 Å². The molecule has 1 aliphatic rings. The summed E-state index contributed by atoms with van der Waals surface area (Å²) in [6.45, 7) is 6.07. The molecule has 0 saturated carbocycles. The van der Waals surface area contributed by atoms with Gasteiger partial charge in [0.15, 0.2) is 5.78 Å². The first-order chi connectivity index (χ1) is 17.6. The summed E-state index contributed by atoms with van der Waals surface area (Å²) in [7, 11) is 0. The molecular weight excluding hydrogens is 496 g/mol. The zero-order chi connectivity index (χ0) is 26.1. The number of carbonyl (C=O) groups is 3. The number of ether oxygens (including phenoxy) is 7. The second-order valence-corrected chi connectivity index (χ2v) is 8.82. The molecule has 0 aromatic heterocycles. The number of nitrogens with two attached hydrogens (primary N) is 1.